The molecular weight excluding hydrogens is 234 g/mol. The molecule has 0 unspecified atom stereocenters. The number of aryl methyl sites for hydroxylation is 1. The molecule has 0 bridgehead atoms. The van der Waals surface area contributed by atoms with E-state index in [4.69, 9.17) is 0 Å². The topological polar surface area (TPSA) is 29.0 Å². The van der Waals surface area contributed by atoms with E-state index in [9.17, 15) is 0 Å². The third-order valence-electron chi connectivity index (χ3n) is 3.73. The van der Waals surface area contributed by atoms with Gasteiger partial charge in [0, 0.05) is 37.1 Å². The Hall–Kier alpha value is -1.90. The maximum atomic E-state index is 4.64. The highest BCUT2D eigenvalue weighted by Crippen LogP contribution is 2.28. The van der Waals surface area contributed by atoms with Crippen LogP contribution in [0.4, 0.5) is 5.69 Å². The molecule has 2 aromatic rings. The minimum Gasteiger partial charge on any atom is -0.371 e. The summed E-state index contributed by atoms with van der Waals surface area (Å²) in [5.74, 6) is 0.501. The van der Waals surface area contributed by atoms with Crippen LogP contribution in [-0.4, -0.2) is 23.1 Å². The summed E-state index contributed by atoms with van der Waals surface area (Å²) in [6.07, 6.45) is 6.17. The van der Waals surface area contributed by atoms with Crippen LogP contribution in [-0.2, 0) is 0 Å². The summed E-state index contributed by atoms with van der Waals surface area (Å²) in [7, 11) is 0. The molecule has 98 valence electrons. The van der Waals surface area contributed by atoms with Crippen molar-refractivity contribution in [1.29, 1.82) is 0 Å². The number of piperidine rings is 1. The van der Waals surface area contributed by atoms with Gasteiger partial charge in [-0.2, -0.15) is 0 Å². The number of hydrogen-bond donors (Lipinski definition) is 0. The Morgan fingerprint density at radius 1 is 1.16 bits per heavy atom. The van der Waals surface area contributed by atoms with Gasteiger partial charge in [-0.05, 0) is 31.9 Å². The van der Waals surface area contributed by atoms with E-state index in [1.54, 1.807) is 0 Å². The lowest BCUT2D eigenvalue weighted by Gasteiger charge is -2.34. The Bertz CT molecular complexity index is 539. The largest absolute Gasteiger partial charge is 0.371 e. The van der Waals surface area contributed by atoms with Gasteiger partial charge in [-0.15, -0.1) is 0 Å². The van der Waals surface area contributed by atoms with Crippen molar-refractivity contribution < 1.29 is 0 Å². The fraction of sp³-hybridized carbons (Fsp3) is 0.375. The van der Waals surface area contributed by atoms with Gasteiger partial charge in [0.2, 0.25) is 0 Å². The second kappa shape index (κ2) is 5.39. The SMILES string of the molecule is Cc1cncc([C@@H]2CCCN(c3ccccc3)C2)n1. The van der Waals surface area contributed by atoms with Crippen LogP contribution in [0, 0.1) is 6.92 Å². The van der Waals surface area contributed by atoms with Crippen LogP contribution in [0.3, 0.4) is 0 Å². The first-order valence-electron chi connectivity index (χ1n) is 6.91. The summed E-state index contributed by atoms with van der Waals surface area (Å²) in [6.45, 7) is 4.19. The van der Waals surface area contributed by atoms with Crippen LogP contribution in [0.5, 0.6) is 0 Å². The van der Waals surface area contributed by atoms with E-state index in [0.717, 1.165) is 24.5 Å². The van der Waals surface area contributed by atoms with Crippen molar-refractivity contribution in [1.82, 2.24) is 9.97 Å². The van der Waals surface area contributed by atoms with Gasteiger partial charge >= 0.3 is 0 Å². The molecule has 0 amide bonds. The van der Waals surface area contributed by atoms with Gasteiger partial charge in [-0.1, -0.05) is 18.2 Å². The fourth-order valence-corrected chi connectivity index (χ4v) is 2.77. The van der Waals surface area contributed by atoms with Crippen molar-refractivity contribution in [2.75, 3.05) is 18.0 Å². The third-order valence-corrected chi connectivity index (χ3v) is 3.73. The monoisotopic (exact) mass is 253 g/mol. The van der Waals surface area contributed by atoms with E-state index >= 15 is 0 Å². The van der Waals surface area contributed by atoms with Crippen molar-refractivity contribution in [3.05, 3.63) is 54.1 Å². The summed E-state index contributed by atoms with van der Waals surface area (Å²) in [5, 5.41) is 0. The van der Waals surface area contributed by atoms with E-state index < -0.39 is 0 Å². The van der Waals surface area contributed by atoms with E-state index in [2.05, 4.69) is 45.2 Å². The average molecular weight is 253 g/mol. The maximum Gasteiger partial charge on any atom is 0.0638 e. The van der Waals surface area contributed by atoms with Gasteiger partial charge < -0.3 is 4.90 Å². The summed E-state index contributed by atoms with van der Waals surface area (Å²) in [6, 6.07) is 10.6. The summed E-state index contributed by atoms with van der Waals surface area (Å²) in [5.41, 5.74) is 3.46. The van der Waals surface area contributed by atoms with Gasteiger partial charge in [0.1, 0.15) is 0 Å². The van der Waals surface area contributed by atoms with Gasteiger partial charge in [-0.3, -0.25) is 9.97 Å². The zero-order chi connectivity index (χ0) is 13.1. The molecule has 1 aliphatic heterocycles. The Morgan fingerprint density at radius 2 is 2.00 bits per heavy atom. The number of para-hydroxylation sites is 1. The second-order valence-electron chi connectivity index (χ2n) is 5.21. The summed E-state index contributed by atoms with van der Waals surface area (Å²) in [4.78, 5) is 11.4. The third kappa shape index (κ3) is 2.75. The molecule has 1 atom stereocenters. The first kappa shape index (κ1) is 12.2. The number of anilines is 1. The number of rotatable bonds is 2. The lowest BCUT2D eigenvalue weighted by atomic mass is 9.94. The van der Waals surface area contributed by atoms with E-state index in [1.807, 2.05) is 19.3 Å². The predicted molar refractivity (Wildman–Crippen MR) is 77.4 cm³/mol. The van der Waals surface area contributed by atoms with Crippen LogP contribution in [0.1, 0.15) is 30.1 Å². The molecule has 1 aromatic carbocycles. The zero-order valence-electron chi connectivity index (χ0n) is 11.3. The van der Waals surface area contributed by atoms with Crippen LogP contribution < -0.4 is 4.90 Å². The molecule has 1 aliphatic rings. The molecule has 3 heteroatoms. The number of benzene rings is 1. The molecule has 3 nitrogen and oxygen atoms in total. The number of nitrogens with zero attached hydrogens (tertiary/aromatic N) is 3. The average Bonchev–Trinajstić information content (AvgIpc) is 2.48. The molecule has 0 N–H and O–H groups in total. The molecule has 1 fully saturated rings. The molecule has 0 spiro atoms. The molecular formula is C16H19N3. The lowest BCUT2D eigenvalue weighted by Crippen LogP contribution is -2.34. The van der Waals surface area contributed by atoms with Crippen molar-refractivity contribution in [3.8, 4) is 0 Å². The maximum absolute atomic E-state index is 4.64. The molecule has 0 radical (unpaired) electrons. The summed E-state index contributed by atoms with van der Waals surface area (Å²) < 4.78 is 0. The second-order valence-corrected chi connectivity index (χ2v) is 5.21. The van der Waals surface area contributed by atoms with Gasteiger partial charge in [-0.25, -0.2) is 0 Å². The van der Waals surface area contributed by atoms with Crippen molar-refractivity contribution in [2.24, 2.45) is 0 Å². The normalized spacial score (nSPS) is 19.4. The first-order chi connectivity index (χ1) is 9.33. The molecule has 19 heavy (non-hydrogen) atoms. The predicted octanol–water partition coefficient (Wildman–Crippen LogP) is 3.17. The lowest BCUT2D eigenvalue weighted by molar-refractivity contribution is 0.499. The van der Waals surface area contributed by atoms with E-state index in [-0.39, 0.29) is 0 Å². The number of hydrogen-bond acceptors (Lipinski definition) is 3. The van der Waals surface area contributed by atoms with E-state index in [1.165, 1.54) is 18.5 Å². The quantitative estimate of drug-likeness (QED) is 0.823. The smallest absolute Gasteiger partial charge is 0.0638 e. The Kier molecular flexibility index (Phi) is 3.45. The van der Waals surface area contributed by atoms with Crippen LogP contribution in [0.25, 0.3) is 0 Å². The Labute approximate surface area is 114 Å². The van der Waals surface area contributed by atoms with Gasteiger partial charge in [0.15, 0.2) is 0 Å². The highest BCUT2D eigenvalue weighted by Gasteiger charge is 2.22. The Balaban J connectivity index is 1.78. The molecule has 0 aliphatic carbocycles. The Morgan fingerprint density at radius 3 is 2.79 bits per heavy atom. The van der Waals surface area contributed by atoms with Crippen LogP contribution in [0.2, 0.25) is 0 Å². The molecule has 2 heterocycles. The number of aromatic nitrogens is 2. The zero-order valence-corrected chi connectivity index (χ0v) is 11.3. The molecule has 0 saturated carbocycles. The molecule has 1 aromatic heterocycles. The van der Waals surface area contributed by atoms with Crippen molar-refractivity contribution in [2.45, 2.75) is 25.7 Å². The first-order valence-corrected chi connectivity index (χ1v) is 6.91. The standard InChI is InChI=1S/C16H19N3/c1-13-10-17-11-16(18-13)14-6-5-9-19(12-14)15-7-3-2-4-8-15/h2-4,7-8,10-11,14H,5-6,9,12H2,1H3/t14-/m1/s1. The molecule has 1 saturated heterocycles. The van der Waals surface area contributed by atoms with E-state index in [0.29, 0.717) is 5.92 Å². The minimum atomic E-state index is 0.501. The van der Waals surface area contributed by atoms with Crippen LogP contribution in [0.15, 0.2) is 42.7 Å². The summed E-state index contributed by atoms with van der Waals surface area (Å²) >= 11 is 0. The highest BCUT2D eigenvalue weighted by atomic mass is 15.1. The minimum absolute atomic E-state index is 0.501. The highest BCUT2D eigenvalue weighted by molar-refractivity contribution is 5.46. The van der Waals surface area contributed by atoms with Crippen molar-refractivity contribution >= 4 is 5.69 Å². The molecule has 3 rings (SSSR count). The van der Waals surface area contributed by atoms with Crippen LogP contribution >= 0.6 is 0 Å². The van der Waals surface area contributed by atoms with Gasteiger partial charge in [0.05, 0.1) is 11.4 Å². The van der Waals surface area contributed by atoms with Crippen molar-refractivity contribution in [3.63, 3.8) is 0 Å². The van der Waals surface area contributed by atoms with Gasteiger partial charge in [0.25, 0.3) is 0 Å². The fourth-order valence-electron chi connectivity index (χ4n) is 2.77.